The Kier molecular flexibility index (Phi) is 8.19. The van der Waals surface area contributed by atoms with Crippen LogP contribution in [0.2, 0.25) is 10.0 Å². The molecule has 1 fully saturated rings. The van der Waals surface area contributed by atoms with Crippen molar-refractivity contribution in [2.24, 2.45) is 5.73 Å². The summed E-state index contributed by atoms with van der Waals surface area (Å²) in [6.45, 7) is 4.20. The van der Waals surface area contributed by atoms with Gasteiger partial charge in [0.1, 0.15) is 5.82 Å². The predicted molar refractivity (Wildman–Crippen MR) is 125 cm³/mol. The van der Waals surface area contributed by atoms with E-state index >= 15 is 0 Å². The number of aromatic nitrogens is 1. The fraction of sp³-hybridized carbons (Fsp3) is 0.250. The molecule has 3 aromatic rings. The highest BCUT2D eigenvalue weighted by molar-refractivity contribution is 6.33. The third-order valence-electron chi connectivity index (χ3n) is 4.69. The number of nitrogens with zero attached hydrogens (tertiary/aromatic N) is 2. The number of nitrogens with two attached hydrogens (primary N) is 1. The Morgan fingerprint density at radius 1 is 0.964 bits per heavy atom. The maximum atomic E-state index is 6.55. The molecule has 1 aliphatic heterocycles. The molecule has 2 aromatic carbocycles. The number of fused-ring (bicyclic) bond motifs is 1. The Hall–Kier alpha value is -1.27. The van der Waals surface area contributed by atoms with Crippen molar-refractivity contribution in [3.63, 3.8) is 0 Å². The minimum atomic E-state index is 0. The number of halogens is 4. The first-order chi connectivity index (χ1) is 12.6. The molecule has 4 nitrogen and oxygen atoms in total. The molecule has 0 radical (unpaired) electrons. The highest BCUT2D eigenvalue weighted by Gasteiger charge is 2.16. The van der Waals surface area contributed by atoms with Crippen LogP contribution in [0.15, 0.2) is 42.5 Å². The first kappa shape index (κ1) is 23.0. The lowest BCUT2D eigenvalue weighted by molar-refractivity contribution is 0.585. The molecule has 3 N–H and O–H groups in total. The van der Waals surface area contributed by atoms with Crippen LogP contribution in [0, 0.1) is 0 Å². The number of benzene rings is 2. The molecule has 28 heavy (non-hydrogen) atoms. The SMILES string of the molecule is Cl.Cl.NCc1cc(Cl)cc(-c2ccc3nc(N4CCNCC4)c(Cl)cc3c2)c1. The fourth-order valence-corrected chi connectivity index (χ4v) is 3.89. The Bertz CT molecular complexity index is 958. The molecule has 0 spiro atoms. The van der Waals surface area contributed by atoms with E-state index in [0.717, 1.165) is 59.6 Å². The van der Waals surface area contributed by atoms with E-state index in [4.69, 9.17) is 33.9 Å². The molecule has 0 bridgehead atoms. The normalized spacial score (nSPS) is 13.8. The number of pyridine rings is 1. The van der Waals surface area contributed by atoms with Gasteiger partial charge < -0.3 is 16.0 Å². The molecule has 1 saturated heterocycles. The summed E-state index contributed by atoms with van der Waals surface area (Å²) in [6, 6.07) is 14.1. The second-order valence-corrected chi connectivity index (χ2v) is 7.33. The summed E-state index contributed by atoms with van der Waals surface area (Å²) in [5.74, 6) is 0.863. The van der Waals surface area contributed by atoms with Crippen LogP contribution < -0.4 is 16.0 Å². The summed E-state index contributed by atoms with van der Waals surface area (Å²) in [6.07, 6.45) is 0. The monoisotopic (exact) mass is 458 g/mol. The molecule has 0 atom stereocenters. The first-order valence-corrected chi connectivity index (χ1v) is 9.45. The summed E-state index contributed by atoms with van der Waals surface area (Å²) in [4.78, 5) is 7.04. The highest BCUT2D eigenvalue weighted by atomic mass is 35.5. The van der Waals surface area contributed by atoms with Gasteiger partial charge in [-0.25, -0.2) is 4.98 Å². The van der Waals surface area contributed by atoms with Crippen molar-refractivity contribution >= 4 is 64.7 Å². The van der Waals surface area contributed by atoms with Crippen LogP contribution in [0.3, 0.4) is 0 Å². The van der Waals surface area contributed by atoms with Gasteiger partial charge >= 0.3 is 0 Å². The van der Waals surface area contributed by atoms with E-state index < -0.39 is 0 Å². The molecule has 2 heterocycles. The van der Waals surface area contributed by atoms with Gasteiger partial charge in [0.05, 0.1) is 10.5 Å². The summed E-state index contributed by atoms with van der Waals surface area (Å²) in [5.41, 5.74) is 9.83. The number of rotatable bonds is 3. The zero-order valence-electron chi connectivity index (χ0n) is 15.1. The van der Waals surface area contributed by atoms with E-state index in [1.54, 1.807) is 0 Å². The van der Waals surface area contributed by atoms with Crippen LogP contribution in [-0.4, -0.2) is 31.2 Å². The Balaban J connectivity index is 0.00000140. The van der Waals surface area contributed by atoms with Gasteiger partial charge in [-0.2, -0.15) is 0 Å². The lowest BCUT2D eigenvalue weighted by atomic mass is 10.0. The zero-order valence-corrected chi connectivity index (χ0v) is 18.3. The van der Waals surface area contributed by atoms with Gasteiger partial charge in [-0.05, 0) is 53.1 Å². The van der Waals surface area contributed by atoms with E-state index in [1.165, 1.54) is 0 Å². The van der Waals surface area contributed by atoms with Gasteiger partial charge in [0.15, 0.2) is 0 Å². The van der Waals surface area contributed by atoms with Crippen molar-refractivity contribution in [3.05, 3.63) is 58.1 Å². The molecular formula is C20H22Cl4N4. The average molecular weight is 460 g/mol. The molecule has 1 aliphatic rings. The lowest BCUT2D eigenvalue weighted by Crippen LogP contribution is -2.44. The minimum absolute atomic E-state index is 0. The van der Waals surface area contributed by atoms with E-state index in [1.807, 2.05) is 24.3 Å². The summed E-state index contributed by atoms with van der Waals surface area (Å²) < 4.78 is 0. The largest absolute Gasteiger partial charge is 0.353 e. The minimum Gasteiger partial charge on any atom is -0.353 e. The topological polar surface area (TPSA) is 54.2 Å². The van der Waals surface area contributed by atoms with Crippen LogP contribution in [0.5, 0.6) is 0 Å². The summed E-state index contributed by atoms with van der Waals surface area (Å²) >= 11 is 12.8. The van der Waals surface area contributed by atoms with Gasteiger partial charge in [0.25, 0.3) is 0 Å². The van der Waals surface area contributed by atoms with E-state index in [9.17, 15) is 0 Å². The van der Waals surface area contributed by atoms with Gasteiger partial charge in [-0.1, -0.05) is 29.3 Å². The molecule has 8 heteroatoms. The summed E-state index contributed by atoms with van der Waals surface area (Å²) in [5, 5.41) is 5.74. The van der Waals surface area contributed by atoms with Crippen molar-refractivity contribution in [2.75, 3.05) is 31.1 Å². The average Bonchev–Trinajstić information content (AvgIpc) is 2.67. The first-order valence-electron chi connectivity index (χ1n) is 8.70. The molecule has 150 valence electrons. The molecule has 0 saturated carbocycles. The van der Waals surface area contributed by atoms with Gasteiger partial charge in [-0.15, -0.1) is 24.8 Å². The maximum absolute atomic E-state index is 6.55. The van der Waals surface area contributed by atoms with Crippen LogP contribution in [0.1, 0.15) is 5.56 Å². The van der Waals surface area contributed by atoms with Gasteiger partial charge in [0, 0.05) is 43.1 Å². The second-order valence-electron chi connectivity index (χ2n) is 6.49. The number of hydrogen-bond donors (Lipinski definition) is 2. The number of anilines is 1. The van der Waals surface area contributed by atoms with E-state index in [2.05, 4.69) is 28.4 Å². The third-order valence-corrected chi connectivity index (χ3v) is 5.19. The van der Waals surface area contributed by atoms with Crippen LogP contribution in [0.4, 0.5) is 5.82 Å². The van der Waals surface area contributed by atoms with Crippen molar-refractivity contribution in [2.45, 2.75) is 6.54 Å². The van der Waals surface area contributed by atoms with Crippen LogP contribution in [-0.2, 0) is 6.54 Å². The van der Waals surface area contributed by atoms with Crippen molar-refractivity contribution in [1.29, 1.82) is 0 Å². The highest BCUT2D eigenvalue weighted by Crippen LogP contribution is 2.32. The Morgan fingerprint density at radius 2 is 1.71 bits per heavy atom. The Morgan fingerprint density at radius 3 is 2.43 bits per heavy atom. The maximum Gasteiger partial charge on any atom is 0.148 e. The second kappa shape index (κ2) is 9.97. The number of piperazine rings is 1. The third kappa shape index (κ3) is 4.82. The number of nitrogens with one attached hydrogen (secondary N) is 1. The predicted octanol–water partition coefficient (Wildman–Crippen LogP) is 4.92. The van der Waals surface area contributed by atoms with Gasteiger partial charge in [0.2, 0.25) is 0 Å². The van der Waals surface area contributed by atoms with E-state index in [0.29, 0.717) is 16.6 Å². The smallest absolute Gasteiger partial charge is 0.148 e. The van der Waals surface area contributed by atoms with Crippen LogP contribution >= 0.6 is 48.0 Å². The van der Waals surface area contributed by atoms with Gasteiger partial charge in [-0.3, -0.25) is 0 Å². The number of hydrogen-bond acceptors (Lipinski definition) is 4. The molecular weight excluding hydrogens is 438 g/mol. The molecule has 0 amide bonds. The molecule has 1 aromatic heterocycles. The van der Waals surface area contributed by atoms with E-state index in [-0.39, 0.29) is 24.8 Å². The zero-order chi connectivity index (χ0) is 18.1. The molecule has 4 rings (SSSR count). The molecule has 0 aliphatic carbocycles. The molecule has 0 unspecified atom stereocenters. The summed E-state index contributed by atoms with van der Waals surface area (Å²) in [7, 11) is 0. The van der Waals surface area contributed by atoms with Crippen LogP contribution in [0.25, 0.3) is 22.0 Å². The fourth-order valence-electron chi connectivity index (χ4n) is 3.35. The van der Waals surface area contributed by atoms with Crippen molar-refractivity contribution in [1.82, 2.24) is 10.3 Å². The van der Waals surface area contributed by atoms with Crippen molar-refractivity contribution < 1.29 is 0 Å². The standard InChI is InChI=1S/C20H20Cl2N4.2ClH/c21-17-8-13(12-23)7-15(10-17)14-1-2-19-16(9-14)11-18(22)20(25-19)26-5-3-24-4-6-26;;/h1-2,7-11,24H,3-6,12,23H2;2*1H. The van der Waals surface area contributed by atoms with Crippen molar-refractivity contribution in [3.8, 4) is 11.1 Å². The lowest BCUT2D eigenvalue weighted by Gasteiger charge is -2.29. The Labute approximate surface area is 187 Å². The quantitative estimate of drug-likeness (QED) is 0.583.